The van der Waals surface area contributed by atoms with E-state index >= 15 is 0 Å². The van der Waals surface area contributed by atoms with Gasteiger partial charge in [-0.05, 0) is 17.8 Å². The van der Waals surface area contributed by atoms with E-state index in [4.69, 9.17) is 0 Å². The molecule has 6 nitrogen and oxygen atoms in total. The van der Waals surface area contributed by atoms with Gasteiger partial charge in [0.25, 0.3) is 5.56 Å². The number of hydrogen-bond acceptors (Lipinski definition) is 6. The van der Waals surface area contributed by atoms with E-state index in [2.05, 4.69) is 25.3 Å². The van der Waals surface area contributed by atoms with Gasteiger partial charge in [-0.3, -0.25) is 4.79 Å². The predicted octanol–water partition coefficient (Wildman–Crippen LogP) is 0.753. The minimum absolute atomic E-state index is 0.180. The normalized spacial score (nSPS) is 10.1. The van der Waals surface area contributed by atoms with Crippen LogP contribution in [0.5, 0.6) is 0 Å². The van der Waals surface area contributed by atoms with Gasteiger partial charge in [0.15, 0.2) is 5.16 Å². The molecule has 2 N–H and O–H groups in total. The van der Waals surface area contributed by atoms with Crippen LogP contribution in [0.4, 0.5) is 5.95 Å². The molecule has 0 unspecified atom stereocenters. The van der Waals surface area contributed by atoms with E-state index in [1.54, 1.807) is 19.3 Å². The Morgan fingerprint density at radius 2 is 2.12 bits per heavy atom. The molecule has 0 aromatic carbocycles. The molecule has 0 aliphatic carbocycles. The van der Waals surface area contributed by atoms with Crippen molar-refractivity contribution in [1.82, 2.24) is 19.9 Å². The molecule has 0 aliphatic rings. The van der Waals surface area contributed by atoms with Crippen molar-refractivity contribution in [1.29, 1.82) is 0 Å². The molecular weight excluding hydrogens is 226 g/mol. The molecule has 2 rings (SSSR count). The smallest absolute Gasteiger partial charge is 0.251 e. The van der Waals surface area contributed by atoms with Crippen molar-refractivity contribution in [2.45, 2.75) is 10.2 Å². The lowest BCUT2D eigenvalue weighted by Crippen LogP contribution is -2.05. The number of nitrogens with one attached hydrogen (secondary N) is 2. The molecule has 2 aromatic heterocycles. The van der Waals surface area contributed by atoms with Gasteiger partial charge in [0.1, 0.15) is 5.03 Å². The van der Waals surface area contributed by atoms with Gasteiger partial charge < -0.3 is 10.3 Å². The number of nitrogens with zero attached hydrogens (tertiary/aromatic N) is 3. The molecule has 0 spiro atoms. The summed E-state index contributed by atoms with van der Waals surface area (Å²) < 4.78 is 0. The summed E-state index contributed by atoms with van der Waals surface area (Å²) in [5.74, 6) is 0.531. The molecule has 2 heterocycles. The van der Waals surface area contributed by atoms with Gasteiger partial charge in [0.2, 0.25) is 5.95 Å². The fourth-order valence-electron chi connectivity index (χ4n) is 1.02. The Kier molecular flexibility index (Phi) is 3.16. The summed E-state index contributed by atoms with van der Waals surface area (Å²) in [5, 5.41) is 4.06. The zero-order chi connectivity index (χ0) is 11.4. The van der Waals surface area contributed by atoms with Crippen molar-refractivity contribution < 1.29 is 0 Å². The molecule has 0 saturated heterocycles. The summed E-state index contributed by atoms with van der Waals surface area (Å²) in [4.78, 5) is 25.9. The fraction of sp³-hybridized carbons (Fsp3) is 0.111. The van der Waals surface area contributed by atoms with Gasteiger partial charge in [-0.2, -0.15) is 0 Å². The summed E-state index contributed by atoms with van der Waals surface area (Å²) >= 11 is 1.27. The van der Waals surface area contributed by atoms with E-state index in [-0.39, 0.29) is 5.56 Å². The molecule has 0 amide bonds. The first-order chi connectivity index (χ1) is 7.78. The first-order valence-corrected chi connectivity index (χ1v) is 5.33. The Bertz CT molecular complexity index is 541. The minimum Gasteiger partial charge on any atom is -0.357 e. The largest absolute Gasteiger partial charge is 0.357 e. The lowest BCUT2D eigenvalue weighted by Gasteiger charge is -2.01. The molecule has 7 heteroatoms. The molecule has 2 aromatic rings. The molecule has 82 valence electrons. The van der Waals surface area contributed by atoms with Crippen LogP contribution >= 0.6 is 11.8 Å². The molecule has 0 atom stereocenters. The number of anilines is 1. The van der Waals surface area contributed by atoms with E-state index < -0.39 is 0 Å². The number of rotatable bonds is 3. The molecule has 0 fully saturated rings. The maximum absolute atomic E-state index is 11.0. The van der Waals surface area contributed by atoms with E-state index in [1.807, 2.05) is 0 Å². The van der Waals surface area contributed by atoms with E-state index in [1.165, 1.54) is 24.0 Å². The second kappa shape index (κ2) is 4.75. The van der Waals surface area contributed by atoms with Crippen molar-refractivity contribution in [3.05, 3.63) is 34.9 Å². The Balaban J connectivity index is 2.23. The van der Waals surface area contributed by atoms with Crippen molar-refractivity contribution in [2.24, 2.45) is 0 Å². The molecule has 0 saturated carbocycles. The number of hydrogen-bond donors (Lipinski definition) is 2. The highest BCUT2D eigenvalue weighted by molar-refractivity contribution is 7.99. The first kappa shape index (κ1) is 10.6. The van der Waals surface area contributed by atoms with Crippen LogP contribution < -0.4 is 10.9 Å². The van der Waals surface area contributed by atoms with Crippen molar-refractivity contribution in [3.63, 3.8) is 0 Å². The van der Waals surface area contributed by atoms with Gasteiger partial charge in [-0.1, -0.05) is 0 Å². The van der Waals surface area contributed by atoms with Crippen LogP contribution in [0.2, 0.25) is 0 Å². The third kappa shape index (κ3) is 2.57. The fourth-order valence-corrected chi connectivity index (χ4v) is 1.75. The van der Waals surface area contributed by atoms with E-state index in [0.29, 0.717) is 16.1 Å². The van der Waals surface area contributed by atoms with E-state index in [0.717, 1.165) is 0 Å². The Morgan fingerprint density at radius 3 is 2.88 bits per heavy atom. The first-order valence-electron chi connectivity index (χ1n) is 4.52. The number of H-pyrrole nitrogens is 1. The van der Waals surface area contributed by atoms with Gasteiger partial charge in [0, 0.05) is 25.5 Å². The van der Waals surface area contributed by atoms with Crippen LogP contribution in [-0.2, 0) is 0 Å². The van der Waals surface area contributed by atoms with Gasteiger partial charge in [-0.15, -0.1) is 0 Å². The van der Waals surface area contributed by atoms with E-state index in [9.17, 15) is 4.79 Å². The highest BCUT2D eigenvalue weighted by Crippen LogP contribution is 2.21. The highest BCUT2D eigenvalue weighted by atomic mass is 32.2. The Hall–Kier alpha value is -1.89. The van der Waals surface area contributed by atoms with Crippen molar-refractivity contribution in [3.8, 4) is 0 Å². The third-order valence-corrected chi connectivity index (χ3v) is 2.54. The number of aromatic nitrogens is 4. The van der Waals surface area contributed by atoms with Gasteiger partial charge in [-0.25, -0.2) is 15.0 Å². The Labute approximate surface area is 95.6 Å². The van der Waals surface area contributed by atoms with Gasteiger partial charge in [0.05, 0.1) is 0 Å². The summed E-state index contributed by atoms with van der Waals surface area (Å²) in [6.07, 6.45) is 3.10. The minimum atomic E-state index is -0.180. The molecule has 0 radical (unpaired) electrons. The second-order valence-corrected chi connectivity index (χ2v) is 3.82. The summed E-state index contributed by atoms with van der Waals surface area (Å²) in [6, 6.07) is 3.11. The Morgan fingerprint density at radius 1 is 1.31 bits per heavy atom. The molecule has 16 heavy (non-hydrogen) atoms. The van der Waals surface area contributed by atoms with Crippen LogP contribution in [0.1, 0.15) is 0 Å². The van der Waals surface area contributed by atoms with Crippen molar-refractivity contribution in [2.75, 3.05) is 12.4 Å². The average molecular weight is 235 g/mol. The summed E-state index contributed by atoms with van der Waals surface area (Å²) in [5.41, 5.74) is -0.180. The van der Waals surface area contributed by atoms with Crippen molar-refractivity contribution >= 4 is 17.7 Å². The molecule has 0 aliphatic heterocycles. The zero-order valence-electron chi connectivity index (χ0n) is 8.47. The third-order valence-electron chi connectivity index (χ3n) is 1.70. The monoisotopic (exact) mass is 235 g/mol. The standard InChI is InChI=1S/C9H9N5OS/c1-10-8-11-5-3-7(14-8)16-9-12-4-2-6(15)13-9/h2-5H,1H3,(H,10,11,14)(H,12,13,15). The quantitative estimate of drug-likeness (QED) is 0.603. The maximum Gasteiger partial charge on any atom is 0.251 e. The number of aromatic amines is 1. The average Bonchev–Trinajstić information content (AvgIpc) is 2.29. The molecule has 0 bridgehead atoms. The zero-order valence-corrected chi connectivity index (χ0v) is 9.28. The SMILES string of the molecule is CNc1nccc(Sc2nccc(=O)[nH]2)n1. The molecular formula is C9H9N5OS. The second-order valence-electron chi connectivity index (χ2n) is 2.81. The lowest BCUT2D eigenvalue weighted by molar-refractivity contribution is 0.929. The van der Waals surface area contributed by atoms with Crippen LogP contribution in [0.25, 0.3) is 0 Å². The topological polar surface area (TPSA) is 83.6 Å². The van der Waals surface area contributed by atoms with Crippen LogP contribution in [0, 0.1) is 0 Å². The van der Waals surface area contributed by atoms with Gasteiger partial charge >= 0.3 is 0 Å². The van der Waals surface area contributed by atoms with Crippen LogP contribution in [0.3, 0.4) is 0 Å². The summed E-state index contributed by atoms with van der Waals surface area (Å²) in [7, 11) is 1.74. The highest BCUT2D eigenvalue weighted by Gasteiger charge is 2.02. The maximum atomic E-state index is 11.0. The van der Waals surface area contributed by atoms with Crippen LogP contribution in [-0.4, -0.2) is 27.0 Å². The summed E-state index contributed by atoms with van der Waals surface area (Å²) in [6.45, 7) is 0. The predicted molar refractivity (Wildman–Crippen MR) is 60.6 cm³/mol. The van der Waals surface area contributed by atoms with Crippen LogP contribution in [0.15, 0.2) is 39.5 Å². The lowest BCUT2D eigenvalue weighted by atomic mass is 10.7.